The Labute approximate surface area is 174 Å². The number of imidazole rings is 1. The summed E-state index contributed by atoms with van der Waals surface area (Å²) >= 11 is 0. The number of hydrogen-bond acceptors (Lipinski definition) is 7. The van der Waals surface area contributed by atoms with Crippen LogP contribution in [0.1, 0.15) is 21.5 Å². The van der Waals surface area contributed by atoms with Gasteiger partial charge in [-0.2, -0.15) is 5.26 Å². The zero-order valence-electron chi connectivity index (χ0n) is 16.1. The molecule has 152 valence electrons. The molecule has 1 amide bonds. The second-order valence-electron chi connectivity index (χ2n) is 6.61. The monoisotopic (exact) mass is 414 g/mol. The molecule has 4 rings (SSSR count). The van der Waals surface area contributed by atoms with Crippen molar-refractivity contribution in [2.45, 2.75) is 6.92 Å². The van der Waals surface area contributed by atoms with Gasteiger partial charge in [-0.25, -0.2) is 4.98 Å². The van der Waals surface area contributed by atoms with Crippen molar-refractivity contribution in [2.75, 3.05) is 0 Å². The molecule has 2 aromatic carbocycles. The maximum absolute atomic E-state index is 13.1. The van der Waals surface area contributed by atoms with Crippen molar-refractivity contribution in [3.63, 3.8) is 0 Å². The highest BCUT2D eigenvalue weighted by Gasteiger charge is 2.19. The first-order valence-electron chi connectivity index (χ1n) is 9.07. The summed E-state index contributed by atoms with van der Waals surface area (Å²) in [4.78, 5) is 40.3. The summed E-state index contributed by atoms with van der Waals surface area (Å²) in [7, 11) is 0. The maximum atomic E-state index is 13.1. The Kier molecular flexibility index (Phi) is 4.77. The Bertz CT molecular complexity index is 1530. The molecule has 0 unspecified atom stereocenters. The van der Waals surface area contributed by atoms with Gasteiger partial charge in [0.25, 0.3) is 17.2 Å². The average molecular weight is 414 g/mol. The molecule has 0 spiro atoms. The van der Waals surface area contributed by atoms with E-state index in [4.69, 9.17) is 0 Å². The zero-order valence-corrected chi connectivity index (χ0v) is 16.1. The van der Waals surface area contributed by atoms with Gasteiger partial charge in [0.15, 0.2) is 5.65 Å². The molecule has 0 radical (unpaired) electrons. The summed E-state index contributed by atoms with van der Waals surface area (Å²) in [6.45, 7) is 1.61. The van der Waals surface area contributed by atoms with Crippen LogP contribution in [0.2, 0.25) is 0 Å². The van der Waals surface area contributed by atoms with E-state index in [1.807, 2.05) is 0 Å². The van der Waals surface area contributed by atoms with E-state index in [0.717, 1.165) is 0 Å². The van der Waals surface area contributed by atoms with Crippen LogP contribution in [0.5, 0.6) is 0 Å². The van der Waals surface area contributed by atoms with Crippen molar-refractivity contribution in [1.29, 1.82) is 5.26 Å². The standard InChI is InChI=1S/C21H14N6O4/c1-12-14(10-22)19-24-16-7-3-5-9-18(16)26(19)21(29)15(12)11-23-25-20(28)13-6-2-4-8-17(13)27(30)31/h2-9,11,23H,1H3,(H,25,28)/b15-11-. The minimum Gasteiger partial charge on any atom is -0.305 e. The second-order valence-corrected chi connectivity index (χ2v) is 6.61. The Balaban J connectivity index is 1.78. The van der Waals surface area contributed by atoms with E-state index >= 15 is 0 Å². The molecule has 0 saturated heterocycles. The van der Waals surface area contributed by atoms with E-state index in [0.29, 0.717) is 16.6 Å². The predicted molar refractivity (Wildman–Crippen MR) is 112 cm³/mol. The van der Waals surface area contributed by atoms with E-state index < -0.39 is 16.4 Å². The van der Waals surface area contributed by atoms with Crippen LogP contribution < -0.4 is 21.6 Å². The van der Waals surface area contributed by atoms with E-state index in [-0.39, 0.29) is 27.7 Å². The lowest BCUT2D eigenvalue weighted by Crippen LogP contribution is -2.40. The Morgan fingerprint density at radius 3 is 2.68 bits per heavy atom. The van der Waals surface area contributed by atoms with Gasteiger partial charge in [0.05, 0.1) is 26.7 Å². The maximum Gasteiger partial charge on any atom is 0.282 e. The first-order valence-corrected chi connectivity index (χ1v) is 9.07. The lowest BCUT2D eigenvalue weighted by atomic mass is 10.1. The van der Waals surface area contributed by atoms with E-state index in [1.54, 1.807) is 31.2 Å². The first-order chi connectivity index (χ1) is 14.9. The van der Waals surface area contributed by atoms with Gasteiger partial charge in [-0.15, -0.1) is 0 Å². The minimum atomic E-state index is -0.747. The fourth-order valence-electron chi connectivity index (χ4n) is 3.35. The van der Waals surface area contributed by atoms with Crippen molar-refractivity contribution in [3.8, 4) is 6.07 Å². The van der Waals surface area contributed by atoms with Crippen molar-refractivity contribution < 1.29 is 9.72 Å². The number of para-hydroxylation sites is 3. The molecule has 2 aromatic heterocycles. The fourth-order valence-corrected chi connectivity index (χ4v) is 3.35. The van der Waals surface area contributed by atoms with Crippen LogP contribution in [-0.2, 0) is 0 Å². The number of carbonyl (C=O) groups excluding carboxylic acids is 1. The van der Waals surface area contributed by atoms with Gasteiger partial charge in [-0.05, 0) is 30.7 Å². The first kappa shape index (κ1) is 19.5. The molecule has 31 heavy (non-hydrogen) atoms. The van der Waals surface area contributed by atoms with Gasteiger partial charge in [0.2, 0.25) is 0 Å². The molecular weight excluding hydrogens is 400 g/mol. The number of fused-ring (bicyclic) bond motifs is 3. The quantitative estimate of drug-likeness (QED) is 0.379. The van der Waals surface area contributed by atoms with Gasteiger partial charge in [-0.1, -0.05) is 24.3 Å². The Morgan fingerprint density at radius 2 is 1.94 bits per heavy atom. The largest absolute Gasteiger partial charge is 0.305 e. The van der Waals surface area contributed by atoms with E-state index in [9.17, 15) is 25.0 Å². The number of rotatable bonds is 4. The summed E-state index contributed by atoms with van der Waals surface area (Å²) in [5.41, 5.74) is 5.93. The summed E-state index contributed by atoms with van der Waals surface area (Å²) in [5, 5.41) is 20.9. The molecule has 0 aliphatic heterocycles. The number of benzene rings is 2. The van der Waals surface area contributed by atoms with E-state index in [2.05, 4.69) is 21.9 Å². The number of pyridine rings is 1. The normalized spacial score (nSPS) is 11.4. The number of nitro groups is 1. The van der Waals surface area contributed by atoms with Gasteiger partial charge < -0.3 is 5.43 Å². The van der Waals surface area contributed by atoms with Gasteiger partial charge >= 0.3 is 0 Å². The van der Waals surface area contributed by atoms with Gasteiger partial charge in [0.1, 0.15) is 11.6 Å². The summed E-state index contributed by atoms with van der Waals surface area (Å²) < 4.78 is 1.35. The second kappa shape index (κ2) is 7.57. The Morgan fingerprint density at radius 1 is 1.23 bits per heavy atom. The van der Waals surface area contributed by atoms with Crippen LogP contribution >= 0.6 is 0 Å². The molecule has 2 heterocycles. The van der Waals surface area contributed by atoms with Crippen molar-refractivity contribution in [3.05, 3.63) is 90.9 Å². The van der Waals surface area contributed by atoms with Crippen LogP contribution in [0.15, 0.2) is 53.3 Å². The highest BCUT2D eigenvalue weighted by Crippen LogP contribution is 2.18. The highest BCUT2D eigenvalue weighted by molar-refractivity contribution is 5.98. The molecule has 0 aliphatic rings. The van der Waals surface area contributed by atoms with Crippen molar-refractivity contribution in [2.24, 2.45) is 0 Å². The van der Waals surface area contributed by atoms with Crippen LogP contribution in [0.4, 0.5) is 5.69 Å². The predicted octanol–water partition coefficient (Wildman–Crippen LogP) is 1.33. The Hall–Kier alpha value is -4.78. The smallest absolute Gasteiger partial charge is 0.282 e. The topological polar surface area (TPSA) is 142 Å². The molecule has 0 aliphatic carbocycles. The van der Waals surface area contributed by atoms with E-state index in [1.165, 1.54) is 34.9 Å². The molecule has 4 aromatic rings. The highest BCUT2D eigenvalue weighted by atomic mass is 16.6. The van der Waals surface area contributed by atoms with Crippen LogP contribution in [0.25, 0.3) is 22.9 Å². The number of nitrogens with one attached hydrogen (secondary N) is 2. The van der Waals surface area contributed by atoms with Crippen LogP contribution in [-0.4, -0.2) is 20.2 Å². The number of carbonyl (C=O) groups is 1. The molecule has 0 fully saturated rings. The number of amides is 1. The molecular formula is C21H14N6O4. The molecule has 10 nitrogen and oxygen atoms in total. The number of hydrazine groups is 1. The third kappa shape index (κ3) is 3.20. The zero-order chi connectivity index (χ0) is 22.1. The summed E-state index contributed by atoms with van der Waals surface area (Å²) in [6.07, 6.45) is 1.25. The summed E-state index contributed by atoms with van der Waals surface area (Å²) in [5.74, 6) is -0.747. The third-order valence-corrected chi connectivity index (χ3v) is 4.86. The van der Waals surface area contributed by atoms with Crippen molar-refractivity contribution in [1.82, 2.24) is 20.2 Å². The molecule has 0 bridgehead atoms. The number of nitrogens with zero attached hydrogens (tertiary/aromatic N) is 4. The van der Waals surface area contributed by atoms with Crippen molar-refractivity contribution >= 4 is 34.5 Å². The molecule has 0 saturated carbocycles. The number of hydrogen-bond donors (Lipinski definition) is 2. The van der Waals surface area contributed by atoms with Gasteiger partial charge in [-0.3, -0.25) is 29.5 Å². The molecule has 10 heteroatoms. The number of nitro benzene ring substituents is 1. The van der Waals surface area contributed by atoms with Crippen LogP contribution in [0.3, 0.4) is 0 Å². The minimum absolute atomic E-state index is 0.138. The molecule has 0 atom stereocenters. The summed E-state index contributed by atoms with van der Waals surface area (Å²) in [6, 6.07) is 14.6. The SMILES string of the molecule is Cc1c(C#N)c2nc3ccccc3n2c(=O)/c1=C\NNC(=O)c1ccccc1[N+](=O)[O-]. The average Bonchev–Trinajstić information content (AvgIpc) is 3.15. The fraction of sp³-hybridized carbons (Fsp3) is 0.0476. The number of aromatic nitrogens is 2. The third-order valence-electron chi connectivity index (χ3n) is 4.86. The molecule has 2 N–H and O–H groups in total. The van der Waals surface area contributed by atoms with Gasteiger partial charge in [0, 0.05) is 12.3 Å². The lowest BCUT2D eigenvalue weighted by molar-refractivity contribution is -0.385. The lowest BCUT2D eigenvalue weighted by Gasteiger charge is -2.06. The van der Waals surface area contributed by atoms with Crippen LogP contribution in [0, 0.1) is 28.4 Å². The number of nitriles is 1.